The van der Waals surface area contributed by atoms with Crippen molar-refractivity contribution in [3.8, 4) is 0 Å². The summed E-state index contributed by atoms with van der Waals surface area (Å²) in [5.74, 6) is 2.44. The molecule has 0 spiro atoms. The minimum absolute atomic E-state index is 0.0301. The molecule has 6 rings (SSSR count). The van der Waals surface area contributed by atoms with Gasteiger partial charge < -0.3 is 15.7 Å². The number of rotatable bonds is 5. The Kier molecular flexibility index (Phi) is 3.97. The molecule has 2 unspecified atom stereocenters. The number of anilines is 1. The Morgan fingerprint density at radius 3 is 2.52 bits per heavy atom. The van der Waals surface area contributed by atoms with Crippen LogP contribution in [0.3, 0.4) is 0 Å². The van der Waals surface area contributed by atoms with E-state index in [0.717, 1.165) is 50.6 Å². The van der Waals surface area contributed by atoms with Gasteiger partial charge in [0.2, 0.25) is 5.95 Å². The molecule has 5 aliphatic rings. The summed E-state index contributed by atoms with van der Waals surface area (Å²) in [7, 11) is 0. The molecule has 146 valence electrons. The van der Waals surface area contributed by atoms with E-state index in [2.05, 4.69) is 34.4 Å². The summed E-state index contributed by atoms with van der Waals surface area (Å²) in [6, 6.07) is 0.449. The van der Waals surface area contributed by atoms with Crippen LogP contribution in [0.25, 0.3) is 0 Å². The lowest BCUT2D eigenvalue weighted by Crippen LogP contribution is -2.61. The molecule has 6 heteroatoms. The zero-order valence-corrected chi connectivity index (χ0v) is 16.2. The smallest absolute Gasteiger partial charge is 0.254 e. The highest BCUT2D eigenvalue weighted by Crippen LogP contribution is 2.55. The summed E-state index contributed by atoms with van der Waals surface area (Å²) in [6.07, 6.45) is 8.83. The number of nitrogens with one attached hydrogen (secondary N) is 2. The maximum Gasteiger partial charge on any atom is 0.254 e. The van der Waals surface area contributed by atoms with Gasteiger partial charge in [-0.25, -0.2) is 9.97 Å². The maximum atomic E-state index is 13.1. The molecule has 27 heavy (non-hydrogen) atoms. The Labute approximate surface area is 160 Å². The van der Waals surface area contributed by atoms with Crippen LogP contribution in [-0.2, 0) is 0 Å². The monoisotopic (exact) mass is 370 g/mol. The highest BCUT2D eigenvalue weighted by atomic mass is 16.3. The molecule has 5 aliphatic carbocycles. The fraction of sp³-hybridized carbons (Fsp3) is 0.762. The molecule has 0 radical (unpaired) electrons. The Bertz CT molecular complexity index is 745. The van der Waals surface area contributed by atoms with Gasteiger partial charge in [-0.3, -0.25) is 4.79 Å². The van der Waals surface area contributed by atoms with E-state index in [1.165, 1.54) is 0 Å². The molecule has 1 aromatic rings. The van der Waals surface area contributed by atoms with Crippen molar-refractivity contribution in [1.29, 1.82) is 0 Å². The third-order valence-corrected chi connectivity index (χ3v) is 6.98. The predicted molar refractivity (Wildman–Crippen MR) is 103 cm³/mol. The summed E-state index contributed by atoms with van der Waals surface area (Å²) in [5, 5.41) is 17.3. The first-order valence-electron chi connectivity index (χ1n) is 10.6. The van der Waals surface area contributed by atoms with Crippen molar-refractivity contribution in [2.45, 2.75) is 82.4 Å². The van der Waals surface area contributed by atoms with Gasteiger partial charge in [-0.15, -0.1) is 0 Å². The molecule has 5 fully saturated rings. The fourth-order valence-electron chi connectivity index (χ4n) is 6.01. The number of nitrogens with zero attached hydrogens (tertiary/aromatic N) is 2. The molecule has 0 aliphatic heterocycles. The van der Waals surface area contributed by atoms with E-state index in [4.69, 9.17) is 0 Å². The van der Waals surface area contributed by atoms with Gasteiger partial charge in [0.15, 0.2) is 0 Å². The fourth-order valence-corrected chi connectivity index (χ4v) is 6.01. The second-order valence-electron chi connectivity index (χ2n) is 9.76. The number of carbonyl (C=O) groups excluding carboxylic acids is 1. The van der Waals surface area contributed by atoms with Crippen LogP contribution in [0.5, 0.6) is 0 Å². The molecular formula is C21H30N4O2. The molecule has 5 saturated carbocycles. The highest BCUT2D eigenvalue weighted by Gasteiger charge is 2.55. The van der Waals surface area contributed by atoms with Gasteiger partial charge in [0.25, 0.3) is 5.91 Å². The number of amides is 1. The van der Waals surface area contributed by atoms with Crippen molar-refractivity contribution in [3.05, 3.63) is 17.5 Å². The average molecular weight is 370 g/mol. The summed E-state index contributed by atoms with van der Waals surface area (Å²) < 4.78 is 0. The van der Waals surface area contributed by atoms with Gasteiger partial charge in [-0.05, 0) is 76.5 Å². The Morgan fingerprint density at radius 1 is 1.22 bits per heavy atom. The van der Waals surface area contributed by atoms with E-state index in [9.17, 15) is 9.90 Å². The van der Waals surface area contributed by atoms with E-state index in [1.54, 1.807) is 6.20 Å². The summed E-state index contributed by atoms with van der Waals surface area (Å²) >= 11 is 0. The lowest BCUT2D eigenvalue weighted by Gasteiger charge is -2.58. The van der Waals surface area contributed by atoms with Gasteiger partial charge in [0, 0.05) is 24.2 Å². The van der Waals surface area contributed by atoms with Crippen LogP contribution in [0.4, 0.5) is 5.95 Å². The Balaban J connectivity index is 1.36. The summed E-state index contributed by atoms with van der Waals surface area (Å²) in [4.78, 5) is 22.2. The lowest BCUT2D eigenvalue weighted by atomic mass is 9.52. The van der Waals surface area contributed by atoms with E-state index in [-0.39, 0.29) is 18.0 Å². The van der Waals surface area contributed by atoms with Gasteiger partial charge in [0.05, 0.1) is 16.9 Å². The molecule has 0 saturated heterocycles. The summed E-state index contributed by atoms with van der Waals surface area (Å²) in [6.45, 7) is 4.11. The van der Waals surface area contributed by atoms with Crippen LogP contribution < -0.4 is 10.6 Å². The second kappa shape index (κ2) is 6.16. The third-order valence-electron chi connectivity index (χ3n) is 6.98. The van der Waals surface area contributed by atoms with Gasteiger partial charge in [-0.1, -0.05) is 0 Å². The predicted octanol–water partition coefficient (Wildman–Crippen LogP) is 2.84. The number of aromatic nitrogens is 2. The molecule has 4 bridgehead atoms. The molecule has 1 aromatic heterocycles. The summed E-state index contributed by atoms with van der Waals surface area (Å²) in [5.41, 5.74) is 1.07. The van der Waals surface area contributed by atoms with Crippen molar-refractivity contribution in [3.63, 3.8) is 0 Å². The van der Waals surface area contributed by atoms with Crippen LogP contribution >= 0.6 is 0 Å². The minimum Gasteiger partial charge on any atom is -0.390 e. The minimum atomic E-state index is -0.468. The van der Waals surface area contributed by atoms with Crippen molar-refractivity contribution in [2.24, 2.45) is 17.8 Å². The first kappa shape index (κ1) is 17.4. The molecule has 1 heterocycles. The molecule has 2 atom stereocenters. The van der Waals surface area contributed by atoms with Gasteiger partial charge in [-0.2, -0.15) is 0 Å². The van der Waals surface area contributed by atoms with Crippen LogP contribution in [0.1, 0.15) is 80.8 Å². The highest BCUT2D eigenvalue weighted by molar-refractivity contribution is 5.95. The van der Waals surface area contributed by atoms with Gasteiger partial charge in [0.1, 0.15) is 0 Å². The largest absolute Gasteiger partial charge is 0.390 e. The van der Waals surface area contributed by atoms with Gasteiger partial charge >= 0.3 is 0 Å². The second-order valence-corrected chi connectivity index (χ2v) is 9.76. The van der Waals surface area contributed by atoms with Crippen molar-refractivity contribution >= 4 is 11.9 Å². The van der Waals surface area contributed by atoms with E-state index in [1.807, 2.05) is 0 Å². The Hall–Kier alpha value is -1.69. The number of hydrogen-bond donors (Lipinski definition) is 3. The molecule has 3 N–H and O–H groups in total. The van der Waals surface area contributed by atoms with E-state index < -0.39 is 5.60 Å². The van der Waals surface area contributed by atoms with Crippen LogP contribution in [0.15, 0.2) is 6.20 Å². The van der Waals surface area contributed by atoms with Crippen LogP contribution in [-0.4, -0.2) is 38.7 Å². The topological polar surface area (TPSA) is 87.1 Å². The van der Waals surface area contributed by atoms with Crippen LogP contribution in [0, 0.1) is 17.8 Å². The van der Waals surface area contributed by atoms with Crippen molar-refractivity contribution < 1.29 is 9.90 Å². The lowest BCUT2D eigenvalue weighted by molar-refractivity contribution is -0.136. The van der Waals surface area contributed by atoms with Crippen LogP contribution in [0.2, 0.25) is 0 Å². The average Bonchev–Trinajstić information content (AvgIpc) is 3.41. The SMILES string of the molecule is CC(C)Nc1ncc(C(=O)NC2C3CC4CC2CC(O)(C4)C3)c(C2CC2)n1. The zero-order chi connectivity index (χ0) is 18.8. The Morgan fingerprint density at radius 2 is 1.93 bits per heavy atom. The standard InChI is InChI=1S/C21H30N4O2/c1-11(2)23-20-22-10-16(18(25-20)13-3-4-13)19(26)24-17-14-5-12-6-15(17)9-21(27,7-12)8-14/h10-15,17,27H,3-9H2,1-2H3,(H,24,26)(H,22,23,25). The first-order chi connectivity index (χ1) is 12.9. The molecule has 1 amide bonds. The third kappa shape index (κ3) is 3.22. The van der Waals surface area contributed by atoms with Crippen molar-refractivity contribution in [1.82, 2.24) is 15.3 Å². The number of aliphatic hydroxyl groups is 1. The van der Waals surface area contributed by atoms with Crippen molar-refractivity contribution in [2.75, 3.05) is 5.32 Å². The number of carbonyl (C=O) groups is 1. The molecule has 6 nitrogen and oxygen atoms in total. The first-order valence-corrected chi connectivity index (χ1v) is 10.6. The van der Waals surface area contributed by atoms with E-state index in [0.29, 0.717) is 35.2 Å². The zero-order valence-electron chi connectivity index (χ0n) is 16.2. The normalized spacial score (nSPS) is 36.9. The maximum absolute atomic E-state index is 13.1. The molecular weight excluding hydrogens is 340 g/mol. The molecule has 0 aromatic carbocycles. The van der Waals surface area contributed by atoms with E-state index >= 15 is 0 Å². The quantitative estimate of drug-likeness (QED) is 0.742. The number of hydrogen-bond acceptors (Lipinski definition) is 5.